The van der Waals surface area contributed by atoms with Crippen LogP contribution in [0.15, 0.2) is 30.3 Å². The van der Waals surface area contributed by atoms with Crippen LogP contribution in [0.1, 0.15) is 12.8 Å². The van der Waals surface area contributed by atoms with Crippen molar-refractivity contribution in [1.29, 1.82) is 0 Å². The maximum atomic E-state index is 11.9. The van der Waals surface area contributed by atoms with E-state index in [0.717, 1.165) is 25.1 Å². The van der Waals surface area contributed by atoms with Gasteiger partial charge in [-0.1, -0.05) is 18.2 Å². The second kappa shape index (κ2) is 5.68. The molecule has 1 aromatic rings. The Kier molecular flexibility index (Phi) is 3.98. The first-order chi connectivity index (χ1) is 8.31. The lowest BCUT2D eigenvalue weighted by Gasteiger charge is -2.23. The average Bonchev–Trinajstić information content (AvgIpc) is 2.85. The van der Waals surface area contributed by atoms with E-state index >= 15 is 0 Å². The van der Waals surface area contributed by atoms with Gasteiger partial charge in [0.05, 0.1) is 0 Å². The molecule has 1 fully saturated rings. The molecular formula is C13H18N2O2. The molecule has 1 saturated heterocycles. The largest absolute Gasteiger partial charge is 0.484 e. The summed E-state index contributed by atoms with van der Waals surface area (Å²) in [5, 5.41) is 0. The number of likely N-dealkylation sites (tertiary alicyclic amines) is 1. The van der Waals surface area contributed by atoms with Crippen molar-refractivity contribution in [2.45, 2.75) is 18.9 Å². The Bertz CT molecular complexity index is 367. The first-order valence-electron chi connectivity index (χ1n) is 5.98. The quantitative estimate of drug-likeness (QED) is 0.846. The van der Waals surface area contributed by atoms with Gasteiger partial charge >= 0.3 is 0 Å². The van der Waals surface area contributed by atoms with Crippen molar-refractivity contribution in [1.82, 2.24) is 4.90 Å². The third-order valence-corrected chi connectivity index (χ3v) is 3.08. The van der Waals surface area contributed by atoms with Gasteiger partial charge in [-0.25, -0.2) is 0 Å². The SMILES string of the molecule is NC[C@@H]1CCCN1C(=O)COc1ccccc1. The van der Waals surface area contributed by atoms with E-state index in [4.69, 9.17) is 10.5 Å². The predicted molar refractivity (Wildman–Crippen MR) is 65.7 cm³/mol. The van der Waals surface area contributed by atoms with Crippen molar-refractivity contribution >= 4 is 5.91 Å². The monoisotopic (exact) mass is 234 g/mol. The molecule has 1 amide bonds. The molecule has 1 aromatic carbocycles. The van der Waals surface area contributed by atoms with Crippen LogP contribution in [0.25, 0.3) is 0 Å². The van der Waals surface area contributed by atoms with Crippen molar-refractivity contribution in [2.24, 2.45) is 5.73 Å². The Morgan fingerprint density at radius 3 is 2.88 bits per heavy atom. The zero-order valence-electron chi connectivity index (χ0n) is 9.84. The fourth-order valence-electron chi connectivity index (χ4n) is 2.15. The zero-order valence-corrected chi connectivity index (χ0v) is 9.84. The lowest BCUT2D eigenvalue weighted by molar-refractivity contribution is -0.134. The molecule has 0 aromatic heterocycles. The van der Waals surface area contributed by atoms with E-state index in [1.807, 2.05) is 35.2 Å². The molecule has 2 N–H and O–H groups in total. The van der Waals surface area contributed by atoms with Gasteiger partial charge < -0.3 is 15.4 Å². The highest BCUT2D eigenvalue weighted by Gasteiger charge is 2.27. The van der Waals surface area contributed by atoms with Gasteiger partial charge in [0.2, 0.25) is 0 Å². The molecule has 4 nitrogen and oxygen atoms in total. The van der Waals surface area contributed by atoms with Gasteiger partial charge in [0, 0.05) is 19.1 Å². The van der Waals surface area contributed by atoms with E-state index in [-0.39, 0.29) is 18.6 Å². The van der Waals surface area contributed by atoms with Crippen molar-refractivity contribution in [2.75, 3.05) is 19.7 Å². The molecule has 4 heteroatoms. The van der Waals surface area contributed by atoms with Gasteiger partial charge in [-0.05, 0) is 25.0 Å². The Morgan fingerprint density at radius 1 is 1.41 bits per heavy atom. The molecule has 0 saturated carbocycles. The first-order valence-corrected chi connectivity index (χ1v) is 5.98. The molecule has 0 spiro atoms. The number of rotatable bonds is 4. The summed E-state index contributed by atoms with van der Waals surface area (Å²) in [5.41, 5.74) is 5.63. The molecule has 0 unspecified atom stereocenters. The van der Waals surface area contributed by atoms with E-state index in [9.17, 15) is 4.79 Å². The summed E-state index contributed by atoms with van der Waals surface area (Å²) in [6, 6.07) is 9.58. The minimum absolute atomic E-state index is 0.0294. The lowest BCUT2D eigenvalue weighted by atomic mass is 10.2. The van der Waals surface area contributed by atoms with Crippen LogP contribution < -0.4 is 10.5 Å². The number of benzene rings is 1. The average molecular weight is 234 g/mol. The van der Waals surface area contributed by atoms with Gasteiger partial charge in [-0.2, -0.15) is 0 Å². The second-order valence-corrected chi connectivity index (χ2v) is 4.22. The Hall–Kier alpha value is -1.55. The van der Waals surface area contributed by atoms with Crippen LogP contribution in [0.4, 0.5) is 0 Å². The highest BCUT2D eigenvalue weighted by molar-refractivity contribution is 5.78. The molecule has 1 atom stereocenters. The highest BCUT2D eigenvalue weighted by Crippen LogP contribution is 2.16. The number of para-hydroxylation sites is 1. The smallest absolute Gasteiger partial charge is 0.260 e. The van der Waals surface area contributed by atoms with Gasteiger partial charge in [-0.15, -0.1) is 0 Å². The predicted octanol–water partition coefficient (Wildman–Crippen LogP) is 1.02. The molecule has 1 heterocycles. The number of carbonyl (C=O) groups excluding carboxylic acids is 1. The number of hydrogen-bond acceptors (Lipinski definition) is 3. The van der Waals surface area contributed by atoms with Crippen LogP contribution >= 0.6 is 0 Å². The van der Waals surface area contributed by atoms with Gasteiger partial charge in [-0.3, -0.25) is 4.79 Å². The Morgan fingerprint density at radius 2 is 2.18 bits per heavy atom. The molecule has 17 heavy (non-hydrogen) atoms. The number of nitrogens with two attached hydrogens (primary N) is 1. The van der Waals surface area contributed by atoms with Crippen LogP contribution in [0.2, 0.25) is 0 Å². The molecule has 1 aliphatic heterocycles. The van der Waals surface area contributed by atoms with Crippen molar-refractivity contribution in [3.05, 3.63) is 30.3 Å². The zero-order chi connectivity index (χ0) is 12.1. The number of carbonyl (C=O) groups is 1. The van der Waals surface area contributed by atoms with E-state index in [1.165, 1.54) is 0 Å². The molecule has 92 valence electrons. The van der Waals surface area contributed by atoms with Crippen LogP contribution in [0, 0.1) is 0 Å². The van der Waals surface area contributed by atoms with E-state index in [2.05, 4.69) is 0 Å². The third-order valence-electron chi connectivity index (χ3n) is 3.08. The maximum absolute atomic E-state index is 11.9. The number of ether oxygens (including phenoxy) is 1. The number of amides is 1. The van der Waals surface area contributed by atoms with Crippen LogP contribution in [-0.2, 0) is 4.79 Å². The maximum Gasteiger partial charge on any atom is 0.260 e. The molecular weight excluding hydrogens is 216 g/mol. The summed E-state index contributed by atoms with van der Waals surface area (Å²) in [7, 11) is 0. The topological polar surface area (TPSA) is 55.6 Å². The van der Waals surface area contributed by atoms with E-state index in [1.54, 1.807) is 0 Å². The molecule has 0 radical (unpaired) electrons. The summed E-state index contributed by atoms with van der Waals surface area (Å²) in [6.45, 7) is 1.44. The first kappa shape index (κ1) is 11.9. The number of hydrogen-bond donors (Lipinski definition) is 1. The summed E-state index contributed by atoms with van der Waals surface area (Å²) in [5.74, 6) is 0.756. The molecule has 0 bridgehead atoms. The molecule has 0 aliphatic carbocycles. The minimum Gasteiger partial charge on any atom is -0.484 e. The molecule has 2 rings (SSSR count). The number of nitrogens with zero attached hydrogens (tertiary/aromatic N) is 1. The van der Waals surface area contributed by atoms with Crippen molar-refractivity contribution < 1.29 is 9.53 Å². The molecule has 1 aliphatic rings. The normalized spacial score (nSPS) is 19.4. The van der Waals surface area contributed by atoms with E-state index in [0.29, 0.717) is 6.54 Å². The Labute approximate surface area is 101 Å². The van der Waals surface area contributed by atoms with Gasteiger partial charge in [0.15, 0.2) is 6.61 Å². The standard InChI is InChI=1S/C13H18N2O2/c14-9-11-5-4-8-15(11)13(16)10-17-12-6-2-1-3-7-12/h1-3,6-7,11H,4-5,8-10,14H2/t11-/m0/s1. The van der Waals surface area contributed by atoms with Crippen molar-refractivity contribution in [3.63, 3.8) is 0 Å². The summed E-state index contributed by atoms with van der Waals surface area (Å²) in [6.07, 6.45) is 2.05. The summed E-state index contributed by atoms with van der Waals surface area (Å²) < 4.78 is 5.44. The van der Waals surface area contributed by atoms with Crippen LogP contribution in [0.3, 0.4) is 0 Å². The lowest BCUT2D eigenvalue weighted by Crippen LogP contribution is -2.42. The summed E-state index contributed by atoms with van der Waals surface area (Å²) >= 11 is 0. The highest BCUT2D eigenvalue weighted by atomic mass is 16.5. The Balaban J connectivity index is 1.85. The third kappa shape index (κ3) is 2.97. The van der Waals surface area contributed by atoms with E-state index < -0.39 is 0 Å². The van der Waals surface area contributed by atoms with Crippen LogP contribution in [-0.4, -0.2) is 36.5 Å². The van der Waals surface area contributed by atoms with Crippen LogP contribution in [0.5, 0.6) is 5.75 Å². The minimum atomic E-state index is 0.0294. The van der Waals surface area contributed by atoms with Gasteiger partial charge in [0.25, 0.3) is 5.91 Å². The fourth-order valence-corrected chi connectivity index (χ4v) is 2.15. The summed E-state index contributed by atoms with van der Waals surface area (Å²) in [4.78, 5) is 13.8. The van der Waals surface area contributed by atoms with Gasteiger partial charge in [0.1, 0.15) is 5.75 Å². The fraction of sp³-hybridized carbons (Fsp3) is 0.462. The van der Waals surface area contributed by atoms with Crippen molar-refractivity contribution in [3.8, 4) is 5.75 Å². The second-order valence-electron chi connectivity index (χ2n) is 4.22.